The molecular weight excluding hydrogens is 224 g/mol. The molecule has 0 aromatic carbocycles. The molecule has 0 heterocycles. The van der Waals surface area contributed by atoms with Crippen molar-refractivity contribution >= 4 is 17.5 Å². The molecule has 0 aromatic heterocycles. The molecule has 0 atom stereocenters. The van der Waals surface area contributed by atoms with Crippen molar-refractivity contribution in [3.05, 3.63) is 0 Å². The van der Waals surface area contributed by atoms with Crippen molar-refractivity contribution in [2.24, 2.45) is 5.41 Å². The maximum Gasteiger partial charge on any atom is 0.255 e. The molecule has 0 aliphatic heterocycles. The lowest BCUT2D eigenvalue weighted by atomic mass is 9.91. The molecule has 0 radical (unpaired) electrons. The van der Waals surface area contributed by atoms with Gasteiger partial charge in [-0.2, -0.15) is 0 Å². The largest absolute Gasteiger partial charge is 0.336 e. The van der Waals surface area contributed by atoms with Gasteiger partial charge in [-0.15, -0.1) is 11.6 Å². The van der Waals surface area contributed by atoms with Crippen molar-refractivity contribution in [2.75, 3.05) is 19.0 Å². The number of hydrogen-bond acceptors (Lipinski definition) is 1. The molecule has 0 saturated heterocycles. The van der Waals surface area contributed by atoms with Crippen molar-refractivity contribution in [3.63, 3.8) is 0 Å². The van der Waals surface area contributed by atoms with E-state index in [2.05, 4.69) is 0 Å². The lowest BCUT2D eigenvalue weighted by molar-refractivity contribution is -0.134. The Morgan fingerprint density at radius 2 is 1.93 bits per heavy atom. The molecule has 0 saturated carbocycles. The summed E-state index contributed by atoms with van der Waals surface area (Å²) in [6.45, 7) is 5.34. The van der Waals surface area contributed by atoms with Crippen LogP contribution in [0.4, 0.5) is 8.78 Å². The summed E-state index contributed by atoms with van der Waals surface area (Å²) in [4.78, 5) is 12.7. The molecule has 5 heteroatoms. The van der Waals surface area contributed by atoms with E-state index in [4.69, 9.17) is 11.6 Å². The van der Waals surface area contributed by atoms with Gasteiger partial charge in [-0.25, -0.2) is 8.78 Å². The molecule has 0 aliphatic rings. The van der Waals surface area contributed by atoms with Gasteiger partial charge in [0.25, 0.3) is 6.43 Å². The molecule has 1 amide bonds. The van der Waals surface area contributed by atoms with Crippen molar-refractivity contribution in [3.8, 4) is 0 Å². The standard InChI is InChI=1S/C10H18ClF2NO/c1-10(2,3)6-9(15)14(5-4-11)7-8(12)13/h8H,4-7H2,1-3H3. The summed E-state index contributed by atoms with van der Waals surface area (Å²) >= 11 is 5.46. The summed E-state index contributed by atoms with van der Waals surface area (Å²) < 4.78 is 24.3. The maximum absolute atomic E-state index is 12.2. The second kappa shape index (κ2) is 6.26. The maximum atomic E-state index is 12.2. The molecule has 0 unspecified atom stereocenters. The molecule has 90 valence electrons. The summed E-state index contributed by atoms with van der Waals surface area (Å²) in [6, 6.07) is 0. The van der Waals surface area contributed by atoms with Crippen LogP contribution in [0.15, 0.2) is 0 Å². The van der Waals surface area contributed by atoms with Crippen LogP contribution in [0.5, 0.6) is 0 Å². The van der Waals surface area contributed by atoms with Gasteiger partial charge in [0.15, 0.2) is 0 Å². The van der Waals surface area contributed by atoms with Gasteiger partial charge in [0.2, 0.25) is 5.91 Å². The van der Waals surface area contributed by atoms with Crippen molar-refractivity contribution < 1.29 is 13.6 Å². The summed E-state index contributed by atoms with van der Waals surface area (Å²) in [6.07, 6.45) is -2.24. The molecule has 0 N–H and O–H groups in total. The predicted octanol–water partition coefficient (Wildman–Crippen LogP) is 2.76. The van der Waals surface area contributed by atoms with Gasteiger partial charge in [0, 0.05) is 18.8 Å². The third kappa shape index (κ3) is 7.54. The molecule has 0 bridgehead atoms. The Morgan fingerprint density at radius 3 is 2.27 bits per heavy atom. The fourth-order valence-corrected chi connectivity index (χ4v) is 1.36. The van der Waals surface area contributed by atoms with Gasteiger partial charge in [-0.3, -0.25) is 4.79 Å². The molecule has 2 nitrogen and oxygen atoms in total. The van der Waals surface area contributed by atoms with Gasteiger partial charge in [0.1, 0.15) is 0 Å². The molecule has 0 aromatic rings. The van der Waals surface area contributed by atoms with Gasteiger partial charge in [-0.1, -0.05) is 20.8 Å². The van der Waals surface area contributed by atoms with E-state index in [0.29, 0.717) is 0 Å². The van der Waals surface area contributed by atoms with Gasteiger partial charge in [0.05, 0.1) is 6.54 Å². The first-order chi connectivity index (χ1) is 6.76. The number of carbonyl (C=O) groups excluding carboxylic acids is 1. The van der Waals surface area contributed by atoms with Crippen LogP contribution in [-0.2, 0) is 4.79 Å². The van der Waals surface area contributed by atoms with Gasteiger partial charge in [-0.05, 0) is 5.41 Å². The first-order valence-electron chi connectivity index (χ1n) is 4.88. The van der Waals surface area contributed by atoms with Gasteiger partial charge >= 0.3 is 0 Å². The Labute approximate surface area is 94.6 Å². The topological polar surface area (TPSA) is 20.3 Å². The van der Waals surface area contributed by atoms with E-state index in [0.717, 1.165) is 4.90 Å². The number of hydrogen-bond donors (Lipinski definition) is 0. The minimum absolute atomic E-state index is 0.181. The Morgan fingerprint density at radius 1 is 1.40 bits per heavy atom. The van der Waals surface area contributed by atoms with E-state index < -0.39 is 13.0 Å². The third-order valence-electron chi connectivity index (χ3n) is 1.75. The average molecular weight is 242 g/mol. The van der Waals surface area contributed by atoms with Crippen LogP contribution >= 0.6 is 11.6 Å². The number of alkyl halides is 3. The molecular formula is C10H18ClF2NO. The zero-order valence-electron chi connectivity index (χ0n) is 9.40. The van der Waals surface area contributed by atoms with E-state index in [1.54, 1.807) is 0 Å². The van der Waals surface area contributed by atoms with Crippen LogP contribution in [0, 0.1) is 5.41 Å². The van der Waals surface area contributed by atoms with Crippen LogP contribution in [0.25, 0.3) is 0 Å². The van der Waals surface area contributed by atoms with Crippen LogP contribution < -0.4 is 0 Å². The first kappa shape index (κ1) is 14.6. The zero-order valence-corrected chi connectivity index (χ0v) is 10.2. The van der Waals surface area contributed by atoms with Crippen molar-refractivity contribution in [1.29, 1.82) is 0 Å². The predicted molar refractivity (Wildman–Crippen MR) is 57.4 cm³/mol. The Balaban J connectivity index is 4.28. The highest BCUT2D eigenvalue weighted by Gasteiger charge is 2.22. The lowest BCUT2D eigenvalue weighted by Crippen LogP contribution is -2.38. The minimum Gasteiger partial charge on any atom is -0.336 e. The molecule has 0 fully saturated rings. The smallest absolute Gasteiger partial charge is 0.255 e. The van der Waals surface area contributed by atoms with E-state index >= 15 is 0 Å². The molecule has 0 aliphatic carbocycles. The number of nitrogens with zero attached hydrogens (tertiary/aromatic N) is 1. The SMILES string of the molecule is CC(C)(C)CC(=O)N(CCCl)CC(F)F. The van der Waals surface area contributed by atoms with E-state index in [-0.39, 0.29) is 30.2 Å². The Hall–Kier alpha value is -0.380. The van der Waals surface area contributed by atoms with E-state index in [1.165, 1.54) is 0 Å². The summed E-state index contributed by atoms with van der Waals surface area (Å²) in [7, 11) is 0. The monoisotopic (exact) mass is 241 g/mol. The van der Waals surface area contributed by atoms with Crippen LogP contribution in [0.2, 0.25) is 0 Å². The molecule has 15 heavy (non-hydrogen) atoms. The Bertz CT molecular complexity index is 204. The normalized spacial score (nSPS) is 11.9. The number of rotatable bonds is 5. The lowest BCUT2D eigenvalue weighted by Gasteiger charge is -2.25. The van der Waals surface area contributed by atoms with E-state index in [1.807, 2.05) is 20.8 Å². The fraction of sp³-hybridized carbons (Fsp3) is 0.900. The number of carbonyl (C=O) groups is 1. The molecule has 0 rings (SSSR count). The van der Waals surface area contributed by atoms with Crippen molar-refractivity contribution in [2.45, 2.75) is 33.6 Å². The minimum atomic E-state index is -2.50. The summed E-state index contributed by atoms with van der Waals surface area (Å²) in [5.74, 6) is -0.0776. The van der Waals surface area contributed by atoms with Crippen LogP contribution in [-0.4, -0.2) is 36.2 Å². The second-order valence-corrected chi connectivity index (χ2v) is 5.04. The zero-order chi connectivity index (χ0) is 12.1. The van der Waals surface area contributed by atoms with Gasteiger partial charge < -0.3 is 4.90 Å². The Kier molecular flexibility index (Phi) is 6.10. The second-order valence-electron chi connectivity index (χ2n) is 4.66. The number of amides is 1. The van der Waals surface area contributed by atoms with Crippen LogP contribution in [0.3, 0.4) is 0 Å². The van der Waals surface area contributed by atoms with Crippen LogP contribution in [0.1, 0.15) is 27.2 Å². The number of halogens is 3. The highest BCUT2D eigenvalue weighted by Crippen LogP contribution is 2.20. The summed E-state index contributed by atoms with van der Waals surface area (Å²) in [5.41, 5.74) is -0.191. The summed E-state index contributed by atoms with van der Waals surface area (Å²) in [5, 5.41) is 0. The van der Waals surface area contributed by atoms with Crippen molar-refractivity contribution in [1.82, 2.24) is 4.90 Å². The van der Waals surface area contributed by atoms with E-state index in [9.17, 15) is 13.6 Å². The highest BCUT2D eigenvalue weighted by molar-refractivity contribution is 6.18. The average Bonchev–Trinajstić information content (AvgIpc) is 1.99. The highest BCUT2D eigenvalue weighted by atomic mass is 35.5. The third-order valence-corrected chi connectivity index (χ3v) is 1.92. The first-order valence-corrected chi connectivity index (χ1v) is 5.41. The molecule has 0 spiro atoms. The fourth-order valence-electron chi connectivity index (χ4n) is 1.15. The quantitative estimate of drug-likeness (QED) is 0.678.